The molecule has 0 aliphatic carbocycles. The van der Waals surface area contributed by atoms with E-state index in [0.717, 1.165) is 0 Å². The van der Waals surface area contributed by atoms with Gasteiger partial charge in [-0.2, -0.15) is 9.97 Å². The van der Waals surface area contributed by atoms with Gasteiger partial charge in [0.1, 0.15) is 5.82 Å². The fourth-order valence-corrected chi connectivity index (χ4v) is 1.88. The fourth-order valence-electron chi connectivity index (χ4n) is 1.63. The van der Waals surface area contributed by atoms with Crippen LogP contribution in [0, 0.1) is 17.0 Å². The van der Waals surface area contributed by atoms with Crippen LogP contribution in [0.15, 0.2) is 24.3 Å². The molecule has 2 N–H and O–H groups in total. The van der Waals surface area contributed by atoms with E-state index in [4.69, 9.17) is 34.8 Å². The Kier molecular flexibility index (Phi) is 5.37. The summed E-state index contributed by atoms with van der Waals surface area (Å²) in [5, 5.41) is 15.5. The average Bonchev–Trinajstić information content (AvgIpc) is 2.45. The average molecular weight is 392 g/mol. The van der Waals surface area contributed by atoms with Gasteiger partial charge in [0, 0.05) is 17.8 Å². The van der Waals surface area contributed by atoms with Crippen LogP contribution in [0.4, 0.5) is 22.1 Å². The number of urea groups is 1. The normalized spacial score (nSPS) is 11.0. The molecule has 126 valence electrons. The monoisotopic (exact) mass is 390 g/mol. The van der Waals surface area contributed by atoms with Crippen LogP contribution in [0.5, 0.6) is 0 Å². The molecule has 0 atom stereocenters. The standard InChI is InChI=1S/C12H9Cl3N6O3/c1-6-16-9(12(13,14)15)19-10(17-6)20-11(22)18-7-3-2-4-8(5-7)21(23)24/h2-5H,1H3,(H2,16,17,18,19,20,22). The first-order chi connectivity index (χ1) is 11.1. The number of amides is 2. The molecule has 2 rings (SSSR count). The SMILES string of the molecule is Cc1nc(NC(=O)Nc2cccc([N+](=O)[O-])c2)nc(C(Cl)(Cl)Cl)n1. The molecule has 0 aliphatic heterocycles. The summed E-state index contributed by atoms with van der Waals surface area (Å²) in [7, 11) is 0. The molecule has 24 heavy (non-hydrogen) atoms. The first kappa shape index (κ1) is 18.1. The first-order valence-electron chi connectivity index (χ1n) is 6.27. The Morgan fingerprint density at radius 3 is 2.54 bits per heavy atom. The number of hydrogen-bond acceptors (Lipinski definition) is 6. The van der Waals surface area contributed by atoms with E-state index in [1.54, 1.807) is 0 Å². The van der Waals surface area contributed by atoms with Gasteiger partial charge in [0.05, 0.1) is 4.92 Å². The second kappa shape index (κ2) is 7.12. The topological polar surface area (TPSA) is 123 Å². The van der Waals surface area contributed by atoms with Crippen LogP contribution >= 0.6 is 34.8 Å². The molecular formula is C12H9Cl3N6O3. The van der Waals surface area contributed by atoms with Crippen molar-refractivity contribution in [1.29, 1.82) is 0 Å². The Balaban J connectivity index is 2.14. The summed E-state index contributed by atoms with van der Waals surface area (Å²) >= 11 is 17.1. The number of rotatable bonds is 3. The number of non-ortho nitro benzene ring substituents is 1. The number of alkyl halides is 3. The maximum absolute atomic E-state index is 11.9. The van der Waals surface area contributed by atoms with Crippen molar-refractivity contribution in [3.8, 4) is 0 Å². The van der Waals surface area contributed by atoms with Crippen molar-refractivity contribution in [2.75, 3.05) is 10.6 Å². The highest BCUT2D eigenvalue weighted by Crippen LogP contribution is 2.35. The molecule has 0 unspecified atom stereocenters. The zero-order valence-corrected chi connectivity index (χ0v) is 14.2. The van der Waals surface area contributed by atoms with E-state index in [9.17, 15) is 14.9 Å². The third kappa shape index (κ3) is 4.88. The van der Waals surface area contributed by atoms with E-state index in [1.165, 1.54) is 31.2 Å². The molecule has 0 aliphatic rings. The lowest BCUT2D eigenvalue weighted by Gasteiger charge is -2.11. The lowest BCUT2D eigenvalue weighted by atomic mass is 10.3. The van der Waals surface area contributed by atoms with Gasteiger partial charge < -0.3 is 5.32 Å². The Morgan fingerprint density at radius 2 is 1.92 bits per heavy atom. The van der Waals surface area contributed by atoms with Crippen molar-refractivity contribution < 1.29 is 9.72 Å². The molecule has 0 saturated carbocycles. The van der Waals surface area contributed by atoms with E-state index in [1.807, 2.05) is 0 Å². The molecule has 0 bridgehead atoms. The fraction of sp³-hybridized carbons (Fsp3) is 0.167. The summed E-state index contributed by atoms with van der Waals surface area (Å²) in [6.07, 6.45) is 0. The molecule has 0 radical (unpaired) electrons. The van der Waals surface area contributed by atoms with E-state index >= 15 is 0 Å². The van der Waals surface area contributed by atoms with E-state index in [0.29, 0.717) is 0 Å². The summed E-state index contributed by atoms with van der Waals surface area (Å²) in [4.78, 5) is 33.7. The van der Waals surface area contributed by atoms with Gasteiger partial charge in [0.15, 0.2) is 5.82 Å². The maximum atomic E-state index is 11.9. The summed E-state index contributed by atoms with van der Waals surface area (Å²) in [6, 6.07) is 4.69. The highest BCUT2D eigenvalue weighted by molar-refractivity contribution is 6.66. The van der Waals surface area contributed by atoms with Crippen molar-refractivity contribution in [1.82, 2.24) is 15.0 Å². The second-order valence-electron chi connectivity index (χ2n) is 4.41. The van der Waals surface area contributed by atoms with Crippen molar-refractivity contribution >= 4 is 58.2 Å². The number of nitro benzene ring substituents is 1. The van der Waals surface area contributed by atoms with E-state index in [-0.39, 0.29) is 29.0 Å². The Bertz CT molecular complexity index is 796. The smallest absolute Gasteiger partial charge is 0.307 e. The van der Waals surface area contributed by atoms with Crippen molar-refractivity contribution in [3.05, 3.63) is 46.0 Å². The first-order valence-corrected chi connectivity index (χ1v) is 7.41. The van der Waals surface area contributed by atoms with Crippen LogP contribution in [-0.4, -0.2) is 25.9 Å². The van der Waals surface area contributed by atoms with E-state index < -0.39 is 14.7 Å². The number of nitrogens with one attached hydrogen (secondary N) is 2. The Labute approximate surface area is 150 Å². The van der Waals surface area contributed by atoms with Crippen LogP contribution in [0.1, 0.15) is 11.6 Å². The number of carbonyl (C=O) groups excluding carboxylic acids is 1. The molecule has 0 saturated heterocycles. The summed E-state index contributed by atoms with van der Waals surface area (Å²) in [6.45, 7) is 1.53. The molecule has 1 aromatic carbocycles. The lowest BCUT2D eigenvalue weighted by molar-refractivity contribution is -0.384. The van der Waals surface area contributed by atoms with Crippen LogP contribution in [0.25, 0.3) is 0 Å². The maximum Gasteiger partial charge on any atom is 0.326 e. The number of nitro groups is 1. The van der Waals surface area contributed by atoms with Gasteiger partial charge in [-0.15, -0.1) is 0 Å². The van der Waals surface area contributed by atoms with E-state index in [2.05, 4.69) is 25.6 Å². The molecule has 0 spiro atoms. The van der Waals surface area contributed by atoms with Gasteiger partial charge in [-0.05, 0) is 13.0 Å². The van der Waals surface area contributed by atoms with Gasteiger partial charge in [0.2, 0.25) is 9.74 Å². The zero-order chi connectivity index (χ0) is 17.9. The van der Waals surface area contributed by atoms with Gasteiger partial charge in [-0.1, -0.05) is 40.9 Å². The highest BCUT2D eigenvalue weighted by Gasteiger charge is 2.28. The minimum Gasteiger partial charge on any atom is -0.307 e. The number of anilines is 2. The molecule has 1 heterocycles. The number of carbonyl (C=O) groups is 1. The molecule has 12 heteroatoms. The van der Waals surface area contributed by atoms with Crippen LogP contribution in [0.2, 0.25) is 0 Å². The predicted molar refractivity (Wildman–Crippen MR) is 89.5 cm³/mol. The Morgan fingerprint density at radius 1 is 1.21 bits per heavy atom. The molecule has 2 aromatic rings. The molecule has 0 fully saturated rings. The molecule has 9 nitrogen and oxygen atoms in total. The number of aromatic nitrogens is 3. The summed E-state index contributed by atoms with van der Waals surface area (Å²) in [5.74, 6) is -0.0469. The Hall–Kier alpha value is -2.23. The highest BCUT2D eigenvalue weighted by atomic mass is 35.6. The van der Waals surface area contributed by atoms with Gasteiger partial charge in [-0.25, -0.2) is 9.78 Å². The largest absolute Gasteiger partial charge is 0.326 e. The number of aryl methyl sites for hydroxylation is 1. The van der Waals surface area contributed by atoms with Crippen molar-refractivity contribution in [2.45, 2.75) is 10.7 Å². The molecular weight excluding hydrogens is 383 g/mol. The van der Waals surface area contributed by atoms with Crippen molar-refractivity contribution in [3.63, 3.8) is 0 Å². The number of hydrogen-bond donors (Lipinski definition) is 2. The molecule has 2 amide bonds. The van der Waals surface area contributed by atoms with Crippen molar-refractivity contribution in [2.24, 2.45) is 0 Å². The second-order valence-corrected chi connectivity index (χ2v) is 6.70. The number of benzene rings is 1. The summed E-state index contributed by atoms with van der Waals surface area (Å²) < 4.78 is -1.87. The summed E-state index contributed by atoms with van der Waals surface area (Å²) in [5.41, 5.74) is 0.0522. The number of nitrogens with zero attached hydrogens (tertiary/aromatic N) is 4. The quantitative estimate of drug-likeness (QED) is 0.468. The lowest BCUT2D eigenvalue weighted by Crippen LogP contribution is -2.22. The van der Waals surface area contributed by atoms with Crippen LogP contribution in [-0.2, 0) is 3.79 Å². The third-order valence-electron chi connectivity index (χ3n) is 2.54. The minimum absolute atomic E-state index is 0.133. The number of halogens is 3. The third-order valence-corrected chi connectivity index (χ3v) is 3.05. The van der Waals surface area contributed by atoms with Gasteiger partial charge >= 0.3 is 6.03 Å². The zero-order valence-electron chi connectivity index (χ0n) is 12.0. The minimum atomic E-state index is -1.87. The van der Waals surface area contributed by atoms with Crippen LogP contribution in [0.3, 0.4) is 0 Å². The van der Waals surface area contributed by atoms with Gasteiger partial charge in [0.25, 0.3) is 5.69 Å². The van der Waals surface area contributed by atoms with Gasteiger partial charge in [-0.3, -0.25) is 15.4 Å². The van der Waals surface area contributed by atoms with Crippen LogP contribution < -0.4 is 10.6 Å². The predicted octanol–water partition coefficient (Wildman–Crippen LogP) is 3.56. The molecule has 1 aromatic heterocycles.